The average Bonchev–Trinajstić information content (AvgIpc) is 3.63. The van der Waals surface area contributed by atoms with Gasteiger partial charge in [-0.2, -0.15) is 0 Å². The van der Waals surface area contributed by atoms with Crippen LogP contribution >= 0.6 is 0 Å². The van der Waals surface area contributed by atoms with Crippen molar-refractivity contribution in [2.75, 3.05) is 0 Å². The number of nitrogens with one attached hydrogen (secondary N) is 1. The molecule has 2 heterocycles. The van der Waals surface area contributed by atoms with Crippen molar-refractivity contribution in [3.63, 3.8) is 0 Å². The van der Waals surface area contributed by atoms with E-state index in [0.717, 1.165) is 62.6 Å². The van der Waals surface area contributed by atoms with Crippen molar-refractivity contribution in [2.45, 2.75) is 12.8 Å². The number of hydrogen-bond donors (Lipinski definition) is 1. The summed E-state index contributed by atoms with van der Waals surface area (Å²) >= 11 is 0. The Morgan fingerprint density at radius 2 is 1.29 bits per heavy atom. The lowest BCUT2D eigenvalue weighted by molar-refractivity contribution is 0.986. The Kier molecular flexibility index (Phi) is 8.27. The molecule has 278 valence electrons. The van der Waals surface area contributed by atoms with Gasteiger partial charge in [0.2, 0.25) is 0 Å². The van der Waals surface area contributed by atoms with Crippen molar-refractivity contribution in [1.29, 1.82) is 5.41 Å². The third kappa shape index (κ3) is 5.82. The molecule has 0 saturated carbocycles. The van der Waals surface area contributed by atoms with Gasteiger partial charge in [0.05, 0.1) is 11.0 Å². The van der Waals surface area contributed by atoms with E-state index in [9.17, 15) is 0 Å². The van der Waals surface area contributed by atoms with Gasteiger partial charge in [0.25, 0.3) is 0 Å². The van der Waals surface area contributed by atoms with Crippen molar-refractivity contribution in [3.8, 4) is 27.9 Å². The van der Waals surface area contributed by atoms with Gasteiger partial charge in [-0.05, 0) is 149 Å². The summed E-state index contributed by atoms with van der Waals surface area (Å²) in [6.45, 7) is 4.64. The van der Waals surface area contributed by atoms with E-state index in [1.54, 1.807) is 0 Å². The summed E-state index contributed by atoms with van der Waals surface area (Å²) in [5, 5.41) is 18.1. The highest BCUT2D eigenvalue weighted by atomic mass is 15.0. The van der Waals surface area contributed by atoms with Crippen molar-refractivity contribution in [3.05, 3.63) is 211 Å². The fourth-order valence-electron chi connectivity index (χ4n) is 9.31. The van der Waals surface area contributed by atoms with E-state index < -0.39 is 0 Å². The second-order valence-electron chi connectivity index (χ2n) is 15.5. The van der Waals surface area contributed by atoms with Crippen LogP contribution in [0.4, 0.5) is 0 Å². The lowest BCUT2D eigenvalue weighted by Crippen LogP contribution is -1.96. The Balaban J connectivity index is 1.09. The molecule has 8 aromatic carbocycles. The predicted octanol–water partition coefficient (Wildman–Crippen LogP) is 14.7. The molecule has 0 saturated heterocycles. The van der Waals surface area contributed by atoms with Crippen LogP contribution in [0, 0.1) is 5.41 Å². The van der Waals surface area contributed by atoms with E-state index in [-0.39, 0.29) is 0 Å². The molecule has 59 heavy (non-hydrogen) atoms. The fourth-order valence-corrected chi connectivity index (χ4v) is 9.31. The first-order valence-corrected chi connectivity index (χ1v) is 20.3. The van der Waals surface area contributed by atoms with Gasteiger partial charge in [0.1, 0.15) is 0 Å². The first kappa shape index (κ1) is 34.6. The van der Waals surface area contributed by atoms with Gasteiger partial charge in [0, 0.05) is 35.1 Å². The Morgan fingerprint density at radius 1 is 0.593 bits per heavy atom. The normalized spacial score (nSPS) is 12.8. The topological polar surface area (TPSA) is 41.7 Å². The first-order valence-electron chi connectivity index (χ1n) is 20.3. The summed E-state index contributed by atoms with van der Waals surface area (Å²) < 4.78 is 2.28. The summed E-state index contributed by atoms with van der Waals surface area (Å²) in [5.41, 5.74) is 14.5. The largest absolute Gasteiger partial charge is 0.309 e. The number of para-hydroxylation sites is 1. The van der Waals surface area contributed by atoms with Gasteiger partial charge in [-0.25, -0.2) is 0 Å². The molecule has 1 aliphatic carbocycles. The van der Waals surface area contributed by atoms with Gasteiger partial charge < -0.3 is 9.98 Å². The van der Waals surface area contributed by atoms with Crippen LogP contribution in [0.2, 0.25) is 0 Å². The number of benzene rings is 8. The van der Waals surface area contributed by atoms with Crippen molar-refractivity contribution >= 4 is 77.6 Å². The van der Waals surface area contributed by atoms with Crippen LogP contribution in [0.15, 0.2) is 189 Å². The summed E-state index contributed by atoms with van der Waals surface area (Å²) in [7, 11) is 0. The summed E-state index contributed by atoms with van der Waals surface area (Å²) in [4.78, 5) is 4.50. The molecule has 0 radical (unpaired) electrons. The maximum Gasteiger partial charge on any atom is 0.0571 e. The highest BCUT2D eigenvalue weighted by molar-refractivity contribution is 6.22. The highest BCUT2D eigenvalue weighted by Crippen LogP contribution is 2.45. The van der Waals surface area contributed by atoms with E-state index in [1.165, 1.54) is 71.9 Å². The molecule has 0 fully saturated rings. The van der Waals surface area contributed by atoms with Gasteiger partial charge >= 0.3 is 0 Å². The molecule has 1 aliphatic rings. The maximum absolute atomic E-state index is 8.63. The maximum atomic E-state index is 8.63. The molecule has 0 unspecified atom stereocenters. The average molecular weight is 754 g/mol. The number of rotatable bonds is 7. The number of allylic oxidation sites excluding steroid dienone is 4. The highest BCUT2D eigenvalue weighted by Gasteiger charge is 2.20. The van der Waals surface area contributed by atoms with Gasteiger partial charge in [-0.1, -0.05) is 134 Å². The quantitative estimate of drug-likeness (QED) is 0.0983. The zero-order valence-electron chi connectivity index (χ0n) is 32.5. The first-order chi connectivity index (χ1) is 29.1. The molecule has 2 aromatic heterocycles. The Labute approximate surface area is 343 Å². The molecule has 0 spiro atoms. The monoisotopic (exact) mass is 753 g/mol. The number of nitrogens with zero attached hydrogens (tertiary/aromatic N) is 2. The molecule has 3 nitrogen and oxygen atoms in total. The van der Waals surface area contributed by atoms with Crippen LogP contribution in [-0.2, 0) is 6.42 Å². The van der Waals surface area contributed by atoms with Crippen LogP contribution in [0.1, 0.15) is 28.7 Å². The molecule has 0 bridgehead atoms. The van der Waals surface area contributed by atoms with Crippen LogP contribution < -0.4 is 0 Å². The second-order valence-corrected chi connectivity index (χ2v) is 15.5. The molecule has 0 amide bonds. The summed E-state index contributed by atoms with van der Waals surface area (Å²) in [5.74, 6) is 0. The van der Waals surface area contributed by atoms with E-state index in [4.69, 9.17) is 5.41 Å². The molecular weight excluding hydrogens is 715 g/mol. The molecule has 3 heteroatoms. The van der Waals surface area contributed by atoms with Crippen molar-refractivity contribution in [1.82, 2.24) is 9.55 Å². The van der Waals surface area contributed by atoms with Crippen LogP contribution in [0.5, 0.6) is 0 Å². The molecular formula is C56H39N3. The van der Waals surface area contributed by atoms with Crippen LogP contribution in [0.3, 0.4) is 0 Å². The summed E-state index contributed by atoms with van der Waals surface area (Å²) in [6.07, 6.45) is 13.9. The number of aryl methyl sites for hydroxylation is 1. The molecule has 11 rings (SSSR count). The fraction of sp³-hybridized carbons (Fsp3) is 0.0357. The zero-order chi connectivity index (χ0) is 39.5. The van der Waals surface area contributed by atoms with Gasteiger partial charge in [-0.15, -0.1) is 0 Å². The van der Waals surface area contributed by atoms with E-state index >= 15 is 0 Å². The lowest BCUT2D eigenvalue weighted by atomic mass is 9.83. The van der Waals surface area contributed by atoms with Crippen molar-refractivity contribution in [2.24, 2.45) is 0 Å². The number of hydrogen-bond acceptors (Lipinski definition) is 2. The molecule has 0 atom stereocenters. The number of fused-ring (bicyclic) bond motifs is 7. The van der Waals surface area contributed by atoms with Crippen molar-refractivity contribution < 1.29 is 0 Å². The van der Waals surface area contributed by atoms with Gasteiger partial charge in [0.15, 0.2) is 0 Å². The molecule has 1 N–H and O–H groups in total. The number of aromatic nitrogens is 2. The predicted molar refractivity (Wildman–Crippen MR) is 252 cm³/mol. The van der Waals surface area contributed by atoms with Gasteiger partial charge in [-0.3, -0.25) is 4.98 Å². The van der Waals surface area contributed by atoms with E-state index in [0.29, 0.717) is 0 Å². The molecule has 10 aromatic rings. The Hall–Kier alpha value is -7.62. The minimum Gasteiger partial charge on any atom is -0.309 e. The zero-order valence-corrected chi connectivity index (χ0v) is 32.5. The third-order valence-electron chi connectivity index (χ3n) is 12.1. The Morgan fingerprint density at radius 3 is 2.14 bits per heavy atom. The third-order valence-corrected chi connectivity index (χ3v) is 12.1. The SMILES string of the molecule is C=C(/C=C(\C=N)c1ccc2c(c1)c1cnccc1n2-c1ccccc1)c1ccc2c(-c3ccc4c(c3)CCC=C4)c3ccccc3c(-c3ccc4ccccc4c3)c2c1. The minimum atomic E-state index is 0.790. The smallest absolute Gasteiger partial charge is 0.0571 e. The molecule has 0 aliphatic heterocycles. The van der Waals surface area contributed by atoms with Crippen LogP contribution in [-0.4, -0.2) is 15.8 Å². The second kappa shape index (κ2) is 14.1. The Bertz CT molecular complexity index is 3420. The lowest BCUT2D eigenvalue weighted by Gasteiger charge is -2.20. The van der Waals surface area contributed by atoms with E-state index in [2.05, 4.69) is 186 Å². The van der Waals surface area contributed by atoms with Crippen LogP contribution in [0.25, 0.3) is 99.3 Å². The summed E-state index contributed by atoms with van der Waals surface area (Å²) in [6, 6.07) is 57.1. The minimum absolute atomic E-state index is 0.790. The number of pyridine rings is 1. The van der Waals surface area contributed by atoms with E-state index in [1.807, 2.05) is 18.5 Å². The standard InChI is InChI=1S/C56H39N3/c1-36(29-45(34-57)42-24-26-53-50(33-42)52-35-58-28-27-54(52)59(53)46-15-3-2-4-16-46)39-23-25-49-51(32-39)56(44-22-20-38-12-6-8-14-41(38)31-44)48-18-10-9-17-47(48)55(49)43-21-19-37-11-5-7-13-40(37)30-43/h2-6,8-12,14-35,57H,1,7,13H2/b45-29+,57-34?.